The molecule has 5 nitrogen and oxygen atoms in total. The van der Waals surface area contributed by atoms with Gasteiger partial charge in [0.25, 0.3) is 5.91 Å². The third kappa shape index (κ3) is 2.69. The lowest BCUT2D eigenvalue weighted by molar-refractivity contribution is 0.0789. The highest BCUT2D eigenvalue weighted by molar-refractivity contribution is 6.06. The molecule has 1 aliphatic rings. The fourth-order valence-electron chi connectivity index (χ4n) is 3.02. The van der Waals surface area contributed by atoms with Crippen LogP contribution in [0.1, 0.15) is 16.8 Å². The van der Waals surface area contributed by atoms with Crippen LogP contribution in [0.2, 0.25) is 0 Å². The smallest absolute Gasteiger partial charge is 0.254 e. The number of fused-ring (bicyclic) bond motifs is 1. The van der Waals surface area contributed by atoms with Crippen LogP contribution in [0.5, 0.6) is 0 Å². The Morgan fingerprint density at radius 1 is 1.43 bits per heavy atom. The Kier molecular flexibility index (Phi) is 3.75. The molecule has 1 aliphatic heterocycles. The van der Waals surface area contributed by atoms with Crippen LogP contribution >= 0.6 is 0 Å². The summed E-state index contributed by atoms with van der Waals surface area (Å²) in [5.74, 6) is 0.447. The zero-order chi connectivity index (χ0) is 14.8. The van der Waals surface area contributed by atoms with E-state index >= 15 is 0 Å². The van der Waals surface area contributed by atoms with Gasteiger partial charge in [-0.25, -0.2) is 0 Å². The van der Waals surface area contributed by atoms with Gasteiger partial charge in [0.05, 0.1) is 5.56 Å². The van der Waals surface area contributed by atoms with Crippen molar-refractivity contribution in [2.75, 3.05) is 26.7 Å². The van der Waals surface area contributed by atoms with Crippen molar-refractivity contribution in [3.05, 3.63) is 46.2 Å². The topological polar surface area (TPSA) is 65.2 Å². The monoisotopic (exact) mass is 285 g/mol. The largest absolute Gasteiger partial charge is 0.338 e. The Balaban J connectivity index is 1.94. The van der Waals surface area contributed by atoms with E-state index in [1.165, 1.54) is 6.07 Å². The summed E-state index contributed by atoms with van der Waals surface area (Å²) in [4.78, 5) is 29.1. The number of carbonyl (C=O) groups is 1. The molecule has 0 aliphatic carbocycles. The number of likely N-dealkylation sites (tertiary alicyclic amines) is 1. The number of amides is 1. The molecule has 1 saturated heterocycles. The summed E-state index contributed by atoms with van der Waals surface area (Å²) < 4.78 is 0. The summed E-state index contributed by atoms with van der Waals surface area (Å²) in [7, 11) is 1.93. The number of H-pyrrole nitrogens is 1. The molecule has 1 atom stereocenters. The first-order valence-electron chi connectivity index (χ1n) is 7.25. The van der Waals surface area contributed by atoms with Gasteiger partial charge in [0.1, 0.15) is 0 Å². The Bertz CT molecular complexity index is 723. The number of nitrogens with zero attached hydrogens (tertiary/aromatic N) is 1. The predicted molar refractivity (Wildman–Crippen MR) is 82.5 cm³/mol. The van der Waals surface area contributed by atoms with E-state index in [2.05, 4.69) is 10.3 Å². The first-order valence-corrected chi connectivity index (χ1v) is 7.25. The van der Waals surface area contributed by atoms with Gasteiger partial charge in [-0.3, -0.25) is 9.59 Å². The summed E-state index contributed by atoms with van der Waals surface area (Å²) >= 11 is 0. The van der Waals surface area contributed by atoms with Crippen LogP contribution in [0.3, 0.4) is 0 Å². The normalized spacial score (nSPS) is 18.3. The number of para-hydroxylation sites is 1. The number of aromatic amines is 1. The average molecular weight is 285 g/mol. The molecule has 3 rings (SSSR count). The van der Waals surface area contributed by atoms with Crippen molar-refractivity contribution in [3.63, 3.8) is 0 Å². The lowest BCUT2D eigenvalue weighted by atomic mass is 10.1. The van der Waals surface area contributed by atoms with E-state index in [-0.39, 0.29) is 11.5 Å². The highest BCUT2D eigenvalue weighted by Crippen LogP contribution is 2.21. The van der Waals surface area contributed by atoms with Crippen molar-refractivity contribution in [3.8, 4) is 0 Å². The minimum atomic E-state index is -0.233. The summed E-state index contributed by atoms with van der Waals surface area (Å²) in [6.07, 6.45) is 1.01. The maximum absolute atomic E-state index is 12.7. The zero-order valence-corrected chi connectivity index (χ0v) is 12.1. The van der Waals surface area contributed by atoms with E-state index in [1.54, 1.807) is 0 Å². The molecule has 2 N–H and O–H groups in total. The molecule has 2 aromatic rings. The third-order valence-electron chi connectivity index (χ3n) is 4.05. The number of rotatable bonds is 3. The number of carbonyl (C=O) groups excluding carboxylic acids is 1. The van der Waals surface area contributed by atoms with E-state index in [1.807, 2.05) is 36.2 Å². The van der Waals surface area contributed by atoms with Gasteiger partial charge in [-0.2, -0.15) is 0 Å². The van der Waals surface area contributed by atoms with Crippen LogP contribution in [0, 0.1) is 5.92 Å². The maximum Gasteiger partial charge on any atom is 0.254 e. The van der Waals surface area contributed by atoms with Gasteiger partial charge in [0.15, 0.2) is 0 Å². The molecule has 0 bridgehead atoms. The minimum absolute atomic E-state index is 0.0455. The summed E-state index contributed by atoms with van der Waals surface area (Å²) in [6.45, 7) is 2.42. The lowest BCUT2D eigenvalue weighted by Gasteiger charge is -2.17. The molecular formula is C16H19N3O2. The van der Waals surface area contributed by atoms with E-state index in [0.29, 0.717) is 17.0 Å². The molecule has 110 valence electrons. The van der Waals surface area contributed by atoms with Crippen molar-refractivity contribution >= 4 is 16.8 Å². The van der Waals surface area contributed by atoms with Gasteiger partial charge in [-0.15, -0.1) is 0 Å². The molecule has 0 saturated carbocycles. The molecule has 0 spiro atoms. The van der Waals surface area contributed by atoms with Crippen molar-refractivity contribution in [1.82, 2.24) is 15.2 Å². The first kappa shape index (κ1) is 13.8. The Labute approximate surface area is 123 Å². The van der Waals surface area contributed by atoms with Crippen molar-refractivity contribution in [1.29, 1.82) is 0 Å². The van der Waals surface area contributed by atoms with Crippen LogP contribution in [0.25, 0.3) is 10.9 Å². The van der Waals surface area contributed by atoms with E-state index in [9.17, 15) is 9.59 Å². The number of nitrogens with one attached hydrogen (secondary N) is 2. The molecule has 1 fully saturated rings. The molecular weight excluding hydrogens is 266 g/mol. The van der Waals surface area contributed by atoms with Crippen molar-refractivity contribution in [2.45, 2.75) is 6.42 Å². The molecule has 1 aromatic heterocycles. The van der Waals surface area contributed by atoms with Gasteiger partial charge in [-0.05, 0) is 32.0 Å². The average Bonchev–Trinajstić information content (AvgIpc) is 2.94. The zero-order valence-electron chi connectivity index (χ0n) is 12.1. The van der Waals surface area contributed by atoms with E-state index < -0.39 is 0 Å². The fraction of sp³-hybridized carbons (Fsp3) is 0.375. The van der Waals surface area contributed by atoms with Gasteiger partial charge in [-0.1, -0.05) is 18.2 Å². The second kappa shape index (κ2) is 5.69. The Morgan fingerprint density at radius 3 is 3.05 bits per heavy atom. The molecule has 1 amide bonds. The van der Waals surface area contributed by atoms with E-state index in [0.717, 1.165) is 31.4 Å². The third-order valence-corrected chi connectivity index (χ3v) is 4.05. The number of hydrogen-bond donors (Lipinski definition) is 2. The molecule has 1 aromatic carbocycles. The predicted octanol–water partition coefficient (Wildman–Crippen LogP) is 1.21. The SMILES string of the molecule is CNCC1CCN(C(=O)c2cc(=O)[nH]c3ccccc23)C1. The number of hydrogen-bond acceptors (Lipinski definition) is 3. The standard InChI is InChI=1S/C16H19N3O2/c1-17-9-11-6-7-19(10-11)16(21)13-8-15(20)18-14-5-3-2-4-12(13)14/h2-5,8,11,17H,6-7,9-10H2,1H3,(H,18,20). The maximum atomic E-state index is 12.7. The highest BCUT2D eigenvalue weighted by Gasteiger charge is 2.27. The quantitative estimate of drug-likeness (QED) is 0.891. The van der Waals surface area contributed by atoms with Crippen LogP contribution < -0.4 is 10.9 Å². The minimum Gasteiger partial charge on any atom is -0.338 e. The van der Waals surface area contributed by atoms with Gasteiger partial charge < -0.3 is 15.2 Å². The van der Waals surface area contributed by atoms with Crippen LogP contribution in [0.4, 0.5) is 0 Å². The first-order chi connectivity index (χ1) is 10.2. The highest BCUT2D eigenvalue weighted by atomic mass is 16.2. The molecule has 1 unspecified atom stereocenters. The number of aromatic nitrogens is 1. The summed E-state index contributed by atoms with van der Waals surface area (Å²) in [5.41, 5.74) is 0.974. The van der Waals surface area contributed by atoms with Crippen molar-refractivity contribution < 1.29 is 4.79 Å². The van der Waals surface area contributed by atoms with Gasteiger partial charge in [0.2, 0.25) is 5.56 Å². The Morgan fingerprint density at radius 2 is 2.24 bits per heavy atom. The van der Waals surface area contributed by atoms with Gasteiger partial charge in [0, 0.05) is 30.1 Å². The number of benzene rings is 1. The lowest BCUT2D eigenvalue weighted by Crippen LogP contribution is -2.31. The fourth-order valence-corrected chi connectivity index (χ4v) is 3.02. The van der Waals surface area contributed by atoms with Crippen LogP contribution in [-0.2, 0) is 0 Å². The molecule has 0 radical (unpaired) electrons. The van der Waals surface area contributed by atoms with Gasteiger partial charge >= 0.3 is 0 Å². The van der Waals surface area contributed by atoms with E-state index in [4.69, 9.17) is 0 Å². The number of pyridine rings is 1. The van der Waals surface area contributed by atoms with Crippen molar-refractivity contribution in [2.24, 2.45) is 5.92 Å². The molecule has 5 heteroatoms. The van der Waals surface area contributed by atoms with Crippen LogP contribution in [-0.4, -0.2) is 42.5 Å². The van der Waals surface area contributed by atoms with Crippen LogP contribution in [0.15, 0.2) is 35.1 Å². The summed E-state index contributed by atoms with van der Waals surface area (Å²) in [5, 5.41) is 3.96. The Hall–Kier alpha value is -2.14. The second-order valence-electron chi connectivity index (χ2n) is 5.56. The molecule has 2 heterocycles. The summed E-state index contributed by atoms with van der Waals surface area (Å²) in [6, 6.07) is 8.84. The second-order valence-corrected chi connectivity index (χ2v) is 5.56. The molecule has 21 heavy (non-hydrogen) atoms.